The topological polar surface area (TPSA) is 49.8 Å². The van der Waals surface area contributed by atoms with Crippen molar-refractivity contribution in [2.45, 2.75) is 43.7 Å². The van der Waals surface area contributed by atoms with Crippen LogP contribution in [-0.2, 0) is 16.8 Å². The van der Waals surface area contributed by atoms with Crippen LogP contribution in [0.25, 0.3) is 0 Å². The first kappa shape index (κ1) is 17.1. The Morgan fingerprint density at radius 1 is 1.15 bits per heavy atom. The van der Waals surface area contributed by atoms with Gasteiger partial charge in [-0.3, -0.25) is 4.79 Å². The molecule has 136 valence electrons. The van der Waals surface area contributed by atoms with Gasteiger partial charge < -0.3 is 14.7 Å². The van der Waals surface area contributed by atoms with E-state index in [1.165, 1.54) is 11.1 Å². The summed E-state index contributed by atoms with van der Waals surface area (Å²) in [5.41, 5.74) is 3.15. The normalized spacial score (nSPS) is 23.2. The number of hydrogen-bond donors (Lipinski definition) is 1. The Balaban J connectivity index is 1.81. The number of fused-ring (bicyclic) bond motifs is 2. The molecule has 0 radical (unpaired) electrons. The summed E-state index contributed by atoms with van der Waals surface area (Å²) in [6.07, 6.45) is 4.24. The summed E-state index contributed by atoms with van der Waals surface area (Å²) in [6.45, 7) is -0.0665. The number of piperidine rings is 1. The van der Waals surface area contributed by atoms with Crippen LogP contribution in [0.1, 0.15) is 48.4 Å². The number of carbonyl (C=O) groups is 1. The van der Waals surface area contributed by atoms with Crippen molar-refractivity contribution in [2.75, 3.05) is 13.7 Å². The van der Waals surface area contributed by atoms with E-state index in [-0.39, 0.29) is 24.1 Å². The number of methoxy groups -OCH3 is 1. The molecule has 4 rings (SSSR count). The standard InChI is InChI=1S/C22H25NO3/c1-26-18-9-10-19-17(14-18)11-13-22(19)12-5-8-21(25)23(22)20(15-24)16-6-3-2-4-7-16/h2-4,6-7,9-10,14,20,24H,5,8,11-13,15H2,1H3/t20-,22?/m1/s1. The number of benzene rings is 2. The third-order valence-electron chi connectivity index (χ3n) is 6.00. The highest BCUT2D eigenvalue weighted by atomic mass is 16.5. The van der Waals surface area contributed by atoms with E-state index in [4.69, 9.17) is 4.74 Å². The molecule has 0 aromatic heterocycles. The van der Waals surface area contributed by atoms with Gasteiger partial charge in [-0.2, -0.15) is 0 Å². The van der Waals surface area contributed by atoms with Crippen LogP contribution < -0.4 is 4.74 Å². The molecule has 4 heteroatoms. The molecule has 26 heavy (non-hydrogen) atoms. The molecule has 1 aliphatic carbocycles. The SMILES string of the molecule is COc1ccc2c(c1)CCC21CCCC(=O)N1[C@H](CO)c1ccccc1. The average molecular weight is 351 g/mol. The van der Waals surface area contributed by atoms with Crippen molar-refractivity contribution < 1.29 is 14.6 Å². The Bertz CT molecular complexity index is 804. The number of ether oxygens (including phenoxy) is 1. The second kappa shape index (κ2) is 6.76. The zero-order valence-electron chi connectivity index (χ0n) is 15.1. The quantitative estimate of drug-likeness (QED) is 0.916. The van der Waals surface area contributed by atoms with Crippen LogP contribution in [0.4, 0.5) is 0 Å². The van der Waals surface area contributed by atoms with Gasteiger partial charge in [0, 0.05) is 6.42 Å². The highest BCUT2D eigenvalue weighted by Gasteiger charge is 2.50. The maximum atomic E-state index is 13.1. The number of aliphatic hydroxyl groups is 1. The molecule has 2 aromatic rings. The molecule has 2 aromatic carbocycles. The van der Waals surface area contributed by atoms with Gasteiger partial charge in [0.25, 0.3) is 0 Å². The summed E-state index contributed by atoms with van der Waals surface area (Å²) in [7, 11) is 1.68. The summed E-state index contributed by atoms with van der Waals surface area (Å²) < 4.78 is 5.38. The van der Waals surface area contributed by atoms with Gasteiger partial charge in [-0.05, 0) is 54.5 Å². The van der Waals surface area contributed by atoms with Crippen LogP contribution in [0.3, 0.4) is 0 Å². The van der Waals surface area contributed by atoms with Crippen LogP contribution >= 0.6 is 0 Å². The van der Waals surface area contributed by atoms with Crippen LogP contribution in [0, 0.1) is 0 Å². The highest BCUT2D eigenvalue weighted by Crippen LogP contribution is 2.51. The molecule has 1 fully saturated rings. The predicted octanol–water partition coefficient (Wildman–Crippen LogP) is 3.58. The summed E-state index contributed by atoms with van der Waals surface area (Å²) in [4.78, 5) is 15.0. The van der Waals surface area contributed by atoms with E-state index in [2.05, 4.69) is 12.1 Å². The zero-order chi connectivity index (χ0) is 18.1. The van der Waals surface area contributed by atoms with E-state index < -0.39 is 0 Å². The number of carbonyl (C=O) groups excluding carboxylic acids is 1. The molecule has 1 saturated heterocycles. The van der Waals surface area contributed by atoms with Crippen LogP contribution in [-0.4, -0.2) is 29.6 Å². The number of likely N-dealkylation sites (tertiary alicyclic amines) is 1. The van der Waals surface area contributed by atoms with Crippen LogP contribution in [0.2, 0.25) is 0 Å². The molecule has 0 bridgehead atoms. The van der Waals surface area contributed by atoms with Gasteiger partial charge in [0.15, 0.2) is 0 Å². The molecule has 1 spiro atoms. The van der Waals surface area contributed by atoms with Crippen molar-refractivity contribution in [1.29, 1.82) is 0 Å². The van der Waals surface area contributed by atoms with E-state index in [0.717, 1.165) is 37.0 Å². The largest absolute Gasteiger partial charge is 0.497 e. The lowest BCUT2D eigenvalue weighted by atomic mass is 9.79. The smallest absolute Gasteiger partial charge is 0.223 e. The molecule has 1 N–H and O–H groups in total. The lowest BCUT2D eigenvalue weighted by Gasteiger charge is -2.49. The lowest BCUT2D eigenvalue weighted by Crippen LogP contribution is -2.53. The van der Waals surface area contributed by atoms with Crippen molar-refractivity contribution in [1.82, 2.24) is 4.90 Å². The zero-order valence-corrected chi connectivity index (χ0v) is 15.1. The molecule has 2 atom stereocenters. The van der Waals surface area contributed by atoms with Gasteiger partial charge in [-0.15, -0.1) is 0 Å². The van der Waals surface area contributed by atoms with Crippen molar-refractivity contribution in [3.05, 3.63) is 65.2 Å². The average Bonchev–Trinajstić information content (AvgIpc) is 3.03. The third kappa shape index (κ3) is 2.60. The molecular weight excluding hydrogens is 326 g/mol. The number of aliphatic hydroxyl groups excluding tert-OH is 1. The van der Waals surface area contributed by atoms with E-state index in [1.54, 1.807) is 7.11 Å². The number of nitrogens with zero attached hydrogens (tertiary/aromatic N) is 1. The number of amides is 1. The Morgan fingerprint density at radius 2 is 1.96 bits per heavy atom. The van der Waals surface area contributed by atoms with Gasteiger partial charge in [-0.1, -0.05) is 36.4 Å². The van der Waals surface area contributed by atoms with Gasteiger partial charge >= 0.3 is 0 Å². The monoisotopic (exact) mass is 351 g/mol. The summed E-state index contributed by atoms with van der Waals surface area (Å²) in [5, 5.41) is 10.2. The van der Waals surface area contributed by atoms with Gasteiger partial charge in [0.1, 0.15) is 5.75 Å². The van der Waals surface area contributed by atoms with Gasteiger partial charge in [-0.25, -0.2) is 0 Å². The van der Waals surface area contributed by atoms with E-state index >= 15 is 0 Å². The summed E-state index contributed by atoms with van der Waals surface area (Å²) in [6, 6.07) is 15.8. The first-order chi connectivity index (χ1) is 12.7. The minimum atomic E-state index is -0.319. The Morgan fingerprint density at radius 3 is 2.69 bits per heavy atom. The maximum Gasteiger partial charge on any atom is 0.223 e. The molecule has 1 unspecified atom stereocenters. The molecule has 0 saturated carbocycles. The number of hydrogen-bond acceptors (Lipinski definition) is 3. The molecule has 2 aliphatic rings. The first-order valence-corrected chi connectivity index (χ1v) is 9.35. The minimum absolute atomic E-state index is 0.0665. The number of rotatable bonds is 4. The van der Waals surface area contributed by atoms with Crippen LogP contribution in [0.15, 0.2) is 48.5 Å². The minimum Gasteiger partial charge on any atom is -0.497 e. The summed E-state index contributed by atoms with van der Waals surface area (Å²) >= 11 is 0. The maximum absolute atomic E-state index is 13.1. The van der Waals surface area contributed by atoms with Crippen molar-refractivity contribution in [3.63, 3.8) is 0 Å². The Kier molecular flexibility index (Phi) is 4.45. The van der Waals surface area contributed by atoms with Crippen molar-refractivity contribution >= 4 is 5.91 Å². The van der Waals surface area contributed by atoms with Gasteiger partial charge in [0.05, 0.1) is 25.3 Å². The van der Waals surface area contributed by atoms with E-state index in [9.17, 15) is 9.90 Å². The highest BCUT2D eigenvalue weighted by molar-refractivity contribution is 5.79. The fraction of sp³-hybridized carbons (Fsp3) is 0.409. The molecule has 1 heterocycles. The van der Waals surface area contributed by atoms with E-state index in [0.29, 0.717) is 6.42 Å². The summed E-state index contributed by atoms with van der Waals surface area (Å²) in [5.74, 6) is 0.999. The Hall–Kier alpha value is -2.33. The molecule has 1 amide bonds. The fourth-order valence-corrected chi connectivity index (χ4v) is 4.84. The second-order valence-corrected chi connectivity index (χ2v) is 7.28. The lowest BCUT2D eigenvalue weighted by molar-refractivity contribution is -0.149. The van der Waals surface area contributed by atoms with Crippen molar-refractivity contribution in [3.8, 4) is 5.75 Å². The first-order valence-electron chi connectivity index (χ1n) is 9.35. The molecular formula is C22H25NO3. The molecule has 1 aliphatic heterocycles. The fourth-order valence-electron chi connectivity index (χ4n) is 4.84. The van der Waals surface area contributed by atoms with E-state index in [1.807, 2.05) is 41.3 Å². The Labute approximate surface area is 154 Å². The van der Waals surface area contributed by atoms with Crippen molar-refractivity contribution in [2.24, 2.45) is 0 Å². The number of aryl methyl sites for hydroxylation is 1. The van der Waals surface area contributed by atoms with Gasteiger partial charge in [0.2, 0.25) is 5.91 Å². The van der Waals surface area contributed by atoms with Crippen LogP contribution in [0.5, 0.6) is 5.75 Å². The second-order valence-electron chi connectivity index (χ2n) is 7.28. The third-order valence-corrected chi connectivity index (χ3v) is 6.00. The molecule has 4 nitrogen and oxygen atoms in total. The predicted molar refractivity (Wildman–Crippen MR) is 100.0 cm³/mol.